The number of carbonyl (C=O) groups excluding carboxylic acids is 1. The molecule has 0 amide bonds. The summed E-state index contributed by atoms with van der Waals surface area (Å²) in [6, 6.07) is 0. The van der Waals surface area contributed by atoms with Gasteiger partial charge in [0.15, 0.2) is 5.78 Å². The molecule has 0 spiro atoms. The van der Waals surface area contributed by atoms with Crippen LogP contribution in [0.15, 0.2) is 53.3 Å². The number of aliphatic imine (C=N–C) groups is 1. The molecule has 1 rings (SSSR count). The third kappa shape index (κ3) is 6.37. The lowest BCUT2D eigenvalue weighted by atomic mass is 9.82. The van der Waals surface area contributed by atoms with Gasteiger partial charge in [-0.3, -0.25) is 9.79 Å². The molecule has 1 aliphatic carbocycles. The average molecular weight is 316 g/mol. The Morgan fingerprint density at radius 1 is 1.35 bits per heavy atom. The molecular formula is C19H28N2O2. The molecular weight excluding hydrogens is 288 g/mol. The largest absolute Gasteiger partial charge is 0.511 e. The van der Waals surface area contributed by atoms with Crippen LogP contribution in [0.5, 0.6) is 0 Å². The van der Waals surface area contributed by atoms with Gasteiger partial charge in [-0.25, -0.2) is 0 Å². The van der Waals surface area contributed by atoms with Gasteiger partial charge in [-0.2, -0.15) is 0 Å². The second kappa shape index (κ2) is 9.95. The van der Waals surface area contributed by atoms with Crippen LogP contribution in [0.4, 0.5) is 0 Å². The maximum atomic E-state index is 12.2. The molecule has 0 aliphatic heterocycles. The Kier molecular flexibility index (Phi) is 8.27. The molecule has 126 valence electrons. The molecule has 1 unspecified atom stereocenters. The SMILES string of the molecule is C=C/C=C(\C=C)C1CC(=O)C(C=NCCCCN(C)C)=C(O)C1. The lowest BCUT2D eigenvalue weighted by molar-refractivity contribution is -0.116. The van der Waals surface area contributed by atoms with Crippen molar-refractivity contribution < 1.29 is 9.90 Å². The van der Waals surface area contributed by atoms with Crippen molar-refractivity contribution in [2.24, 2.45) is 10.9 Å². The molecule has 0 aromatic heterocycles. The number of nitrogens with zero attached hydrogens (tertiary/aromatic N) is 2. The van der Waals surface area contributed by atoms with Gasteiger partial charge in [-0.15, -0.1) is 0 Å². The average Bonchev–Trinajstić information content (AvgIpc) is 2.49. The van der Waals surface area contributed by atoms with E-state index in [1.165, 1.54) is 6.21 Å². The minimum Gasteiger partial charge on any atom is -0.511 e. The molecule has 1 aliphatic rings. The summed E-state index contributed by atoms with van der Waals surface area (Å²) in [5.74, 6) is 0.0305. The minimum atomic E-state index is -0.0624. The Morgan fingerprint density at radius 3 is 2.65 bits per heavy atom. The summed E-state index contributed by atoms with van der Waals surface area (Å²) < 4.78 is 0. The molecule has 0 saturated heterocycles. The lowest BCUT2D eigenvalue weighted by Gasteiger charge is -2.22. The second-order valence-corrected chi connectivity index (χ2v) is 6.04. The molecule has 0 radical (unpaired) electrons. The van der Waals surface area contributed by atoms with Crippen LogP contribution in [0, 0.1) is 5.92 Å². The van der Waals surface area contributed by atoms with Crippen LogP contribution in [0.1, 0.15) is 25.7 Å². The first kappa shape index (κ1) is 19.1. The van der Waals surface area contributed by atoms with Crippen LogP contribution in [0.25, 0.3) is 0 Å². The van der Waals surface area contributed by atoms with E-state index in [4.69, 9.17) is 0 Å². The molecule has 1 N–H and O–H groups in total. The van der Waals surface area contributed by atoms with Crippen LogP contribution in [0.2, 0.25) is 0 Å². The third-order valence-corrected chi connectivity index (χ3v) is 3.86. The minimum absolute atomic E-state index is 0.0322. The maximum Gasteiger partial charge on any atom is 0.168 e. The van der Waals surface area contributed by atoms with E-state index < -0.39 is 0 Å². The summed E-state index contributed by atoms with van der Waals surface area (Å²) >= 11 is 0. The van der Waals surface area contributed by atoms with Crippen LogP contribution in [-0.2, 0) is 4.79 Å². The Labute approximate surface area is 139 Å². The van der Waals surface area contributed by atoms with Crippen molar-refractivity contribution in [2.75, 3.05) is 27.2 Å². The molecule has 23 heavy (non-hydrogen) atoms. The summed E-state index contributed by atoms with van der Waals surface area (Å²) in [7, 11) is 4.09. The summed E-state index contributed by atoms with van der Waals surface area (Å²) in [6.45, 7) is 9.13. The van der Waals surface area contributed by atoms with E-state index in [-0.39, 0.29) is 17.5 Å². The number of aliphatic hydroxyl groups excluding tert-OH is 1. The molecule has 4 nitrogen and oxygen atoms in total. The van der Waals surface area contributed by atoms with Crippen LogP contribution in [-0.4, -0.2) is 49.2 Å². The molecule has 0 aromatic rings. The summed E-state index contributed by atoms with van der Waals surface area (Å²) in [4.78, 5) is 18.7. The van der Waals surface area contributed by atoms with Gasteiger partial charge in [0, 0.05) is 25.6 Å². The summed E-state index contributed by atoms with van der Waals surface area (Å²) in [5, 5.41) is 10.2. The van der Waals surface area contributed by atoms with Crippen molar-refractivity contribution in [1.29, 1.82) is 0 Å². The van der Waals surface area contributed by atoms with Crippen LogP contribution >= 0.6 is 0 Å². The number of aliphatic hydroxyl groups is 1. The number of carbonyl (C=O) groups is 1. The van der Waals surface area contributed by atoms with Gasteiger partial charge in [-0.05, 0) is 45.0 Å². The molecule has 0 saturated carbocycles. The highest BCUT2D eigenvalue weighted by Gasteiger charge is 2.27. The number of allylic oxidation sites excluding steroid dienone is 6. The second-order valence-electron chi connectivity index (χ2n) is 6.04. The summed E-state index contributed by atoms with van der Waals surface area (Å²) in [5.41, 5.74) is 1.29. The summed E-state index contributed by atoms with van der Waals surface area (Å²) in [6.07, 6.45) is 9.62. The van der Waals surface area contributed by atoms with Gasteiger partial charge >= 0.3 is 0 Å². The standard InChI is InChI=1S/C19H28N2O2/c1-5-9-15(6-2)16-12-18(22)17(19(23)13-16)14-20-10-7-8-11-21(3)4/h5-6,9,14,16,22H,1-2,7-8,10-13H2,3-4H3/b15-9+,20-14?. The Balaban J connectivity index is 2.63. The van der Waals surface area contributed by atoms with Gasteiger partial charge in [0.05, 0.1) is 5.57 Å². The van der Waals surface area contributed by atoms with Gasteiger partial charge in [0.2, 0.25) is 0 Å². The van der Waals surface area contributed by atoms with Crippen molar-refractivity contribution in [3.8, 4) is 0 Å². The van der Waals surface area contributed by atoms with E-state index in [0.29, 0.717) is 25.0 Å². The molecule has 4 heteroatoms. The zero-order chi connectivity index (χ0) is 17.2. The normalized spacial score (nSPS) is 19.7. The van der Waals surface area contributed by atoms with Gasteiger partial charge in [-0.1, -0.05) is 31.4 Å². The first-order valence-corrected chi connectivity index (χ1v) is 8.04. The van der Waals surface area contributed by atoms with E-state index in [1.54, 1.807) is 12.2 Å². The zero-order valence-electron chi connectivity index (χ0n) is 14.3. The predicted molar refractivity (Wildman–Crippen MR) is 97.0 cm³/mol. The van der Waals surface area contributed by atoms with Crippen molar-refractivity contribution in [2.45, 2.75) is 25.7 Å². The van der Waals surface area contributed by atoms with Crippen molar-refractivity contribution in [3.63, 3.8) is 0 Å². The molecule has 1 atom stereocenters. The Hall–Kier alpha value is -1.94. The molecule has 0 aromatic carbocycles. The maximum absolute atomic E-state index is 12.2. The highest BCUT2D eigenvalue weighted by Crippen LogP contribution is 2.30. The van der Waals surface area contributed by atoms with Crippen LogP contribution in [0.3, 0.4) is 0 Å². The van der Waals surface area contributed by atoms with Gasteiger partial charge in [0.25, 0.3) is 0 Å². The van der Waals surface area contributed by atoms with E-state index >= 15 is 0 Å². The molecule has 0 heterocycles. The number of rotatable bonds is 9. The fourth-order valence-corrected chi connectivity index (χ4v) is 2.59. The number of ketones is 1. The van der Waals surface area contributed by atoms with Crippen LogP contribution < -0.4 is 0 Å². The van der Waals surface area contributed by atoms with E-state index in [9.17, 15) is 9.90 Å². The van der Waals surface area contributed by atoms with E-state index in [2.05, 4.69) is 23.1 Å². The number of unbranched alkanes of at least 4 members (excludes halogenated alkanes) is 1. The molecule has 0 fully saturated rings. The first-order chi connectivity index (χ1) is 11.0. The Morgan fingerprint density at radius 2 is 2.09 bits per heavy atom. The monoisotopic (exact) mass is 316 g/mol. The highest BCUT2D eigenvalue weighted by atomic mass is 16.3. The number of hydrogen-bond donors (Lipinski definition) is 1. The van der Waals surface area contributed by atoms with E-state index in [0.717, 1.165) is 25.0 Å². The van der Waals surface area contributed by atoms with Gasteiger partial charge < -0.3 is 10.0 Å². The van der Waals surface area contributed by atoms with Gasteiger partial charge in [0.1, 0.15) is 5.76 Å². The predicted octanol–water partition coefficient (Wildman–Crippen LogP) is 3.49. The Bertz CT molecular complexity index is 527. The number of hydrogen-bond acceptors (Lipinski definition) is 4. The number of Topliss-reactive ketones (excluding diaryl/α,β-unsaturated/α-hetero) is 1. The van der Waals surface area contributed by atoms with E-state index in [1.807, 2.05) is 20.2 Å². The fraction of sp³-hybridized carbons (Fsp3) is 0.474. The zero-order valence-corrected chi connectivity index (χ0v) is 14.3. The fourth-order valence-electron chi connectivity index (χ4n) is 2.59. The topological polar surface area (TPSA) is 52.9 Å². The molecule has 0 bridgehead atoms. The van der Waals surface area contributed by atoms with Crippen molar-refractivity contribution >= 4 is 12.0 Å². The lowest BCUT2D eigenvalue weighted by Crippen LogP contribution is -2.21. The van der Waals surface area contributed by atoms with Crippen molar-refractivity contribution in [1.82, 2.24) is 4.90 Å². The smallest absolute Gasteiger partial charge is 0.168 e. The third-order valence-electron chi connectivity index (χ3n) is 3.86. The quantitative estimate of drug-likeness (QED) is 0.402. The highest BCUT2D eigenvalue weighted by molar-refractivity contribution is 6.14. The van der Waals surface area contributed by atoms with Crippen molar-refractivity contribution in [3.05, 3.63) is 48.3 Å². The first-order valence-electron chi connectivity index (χ1n) is 8.04.